The molecule has 0 aliphatic rings. The molecule has 0 heterocycles. The minimum atomic E-state index is 0.0500. The number of hydrogen-bond donors (Lipinski definition) is 2. The van der Waals surface area contributed by atoms with Crippen LogP contribution in [0.15, 0.2) is 0 Å². The Morgan fingerprint density at radius 3 is 2.64 bits per heavy atom. The number of nitrogens with one attached hydrogen (secondary N) is 2. The van der Waals surface area contributed by atoms with Crippen LogP contribution in [0.25, 0.3) is 0 Å². The van der Waals surface area contributed by atoms with E-state index in [0.717, 1.165) is 19.5 Å². The Balaban J connectivity index is 3.22. The van der Waals surface area contributed by atoms with E-state index in [2.05, 4.69) is 17.6 Å². The van der Waals surface area contributed by atoms with Crippen LogP contribution in [0.4, 0.5) is 0 Å². The fourth-order valence-electron chi connectivity index (χ4n) is 0.915. The summed E-state index contributed by atoms with van der Waals surface area (Å²) in [6, 6.07) is 0.284. The Kier molecular flexibility index (Phi) is 5.84. The van der Waals surface area contributed by atoms with Gasteiger partial charge in [-0.05, 0) is 26.4 Å². The highest BCUT2D eigenvalue weighted by atomic mass is 16.1. The molecule has 1 amide bonds. The van der Waals surface area contributed by atoms with Crippen LogP contribution in [0.3, 0.4) is 0 Å². The fourth-order valence-corrected chi connectivity index (χ4v) is 0.915. The minimum absolute atomic E-state index is 0.0500. The SMILES string of the molecule is CCNCCC(C)NC(C)=O. The summed E-state index contributed by atoms with van der Waals surface area (Å²) in [5.74, 6) is 0.0500. The number of rotatable bonds is 5. The molecule has 3 nitrogen and oxygen atoms in total. The lowest BCUT2D eigenvalue weighted by molar-refractivity contribution is -0.119. The van der Waals surface area contributed by atoms with E-state index in [9.17, 15) is 4.79 Å². The molecule has 0 spiro atoms. The van der Waals surface area contributed by atoms with Crippen molar-refractivity contribution in [3.63, 3.8) is 0 Å². The predicted molar refractivity (Wildman–Crippen MR) is 46.4 cm³/mol. The Labute approximate surface area is 68.6 Å². The highest BCUT2D eigenvalue weighted by Gasteiger charge is 2.00. The van der Waals surface area contributed by atoms with Crippen LogP contribution in [0.1, 0.15) is 27.2 Å². The molecule has 0 aromatic carbocycles. The molecule has 0 aromatic heterocycles. The fraction of sp³-hybridized carbons (Fsp3) is 0.875. The number of amides is 1. The van der Waals surface area contributed by atoms with Crippen molar-refractivity contribution in [2.75, 3.05) is 13.1 Å². The molecule has 0 saturated heterocycles. The van der Waals surface area contributed by atoms with E-state index >= 15 is 0 Å². The van der Waals surface area contributed by atoms with Gasteiger partial charge in [0.25, 0.3) is 0 Å². The van der Waals surface area contributed by atoms with Crippen LogP contribution >= 0.6 is 0 Å². The van der Waals surface area contributed by atoms with E-state index in [1.54, 1.807) is 6.92 Å². The summed E-state index contributed by atoms with van der Waals surface area (Å²) in [6.07, 6.45) is 0.993. The third kappa shape index (κ3) is 7.33. The van der Waals surface area contributed by atoms with E-state index in [-0.39, 0.29) is 11.9 Å². The quantitative estimate of drug-likeness (QED) is 0.572. The van der Waals surface area contributed by atoms with Crippen molar-refractivity contribution in [2.45, 2.75) is 33.2 Å². The molecular formula is C8H18N2O. The average Bonchev–Trinajstić information content (AvgIpc) is 1.86. The molecule has 1 atom stereocenters. The number of hydrogen-bond acceptors (Lipinski definition) is 2. The molecule has 0 rings (SSSR count). The number of carbonyl (C=O) groups is 1. The summed E-state index contributed by atoms with van der Waals surface area (Å²) in [4.78, 5) is 10.6. The normalized spacial score (nSPS) is 12.6. The third-order valence-corrected chi connectivity index (χ3v) is 1.45. The lowest BCUT2D eigenvalue weighted by Crippen LogP contribution is -2.33. The molecule has 0 saturated carbocycles. The van der Waals surface area contributed by atoms with Crippen molar-refractivity contribution < 1.29 is 4.79 Å². The van der Waals surface area contributed by atoms with Gasteiger partial charge >= 0.3 is 0 Å². The van der Waals surface area contributed by atoms with E-state index in [1.807, 2.05) is 6.92 Å². The van der Waals surface area contributed by atoms with Crippen molar-refractivity contribution in [2.24, 2.45) is 0 Å². The maximum Gasteiger partial charge on any atom is 0.217 e. The average molecular weight is 158 g/mol. The third-order valence-electron chi connectivity index (χ3n) is 1.45. The molecule has 0 bridgehead atoms. The summed E-state index contributed by atoms with van der Waals surface area (Å²) in [5, 5.41) is 6.02. The van der Waals surface area contributed by atoms with Gasteiger partial charge in [0.05, 0.1) is 0 Å². The van der Waals surface area contributed by atoms with Crippen molar-refractivity contribution in [1.29, 1.82) is 0 Å². The van der Waals surface area contributed by atoms with Crippen molar-refractivity contribution in [1.82, 2.24) is 10.6 Å². The topological polar surface area (TPSA) is 41.1 Å². The van der Waals surface area contributed by atoms with E-state index < -0.39 is 0 Å². The lowest BCUT2D eigenvalue weighted by atomic mass is 10.2. The first-order valence-electron chi connectivity index (χ1n) is 4.14. The zero-order chi connectivity index (χ0) is 8.69. The Bertz CT molecular complexity index is 115. The van der Waals surface area contributed by atoms with Crippen LogP contribution in [0.5, 0.6) is 0 Å². The highest BCUT2D eigenvalue weighted by molar-refractivity contribution is 5.73. The molecule has 1 unspecified atom stereocenters. The zero-order valence-corrected chi connectivity index (χ0v) is 7.61. The largest absolute Gasteiger partial charge is 0.354 e. The van der Waals surface area contributed by atoms with Crippen LogP contribution < -0.4 is 10.6 Å². The maximum atomic E-state index is 10.6. The molecule has 0 aromatic rings. The minimum Gasteiger partial charge on any atom is -0.354 e. The number of carbonyl (C=O) groups excluding carboxylic acids is 1. The highest BCUT2D eigenvalue weighted by Crippen LogP contribution is 1.87. The molecule has 0 aliphatic carbocycles. The van der Waals surface area contributed by atoms with Gasteiger partial charge in [0.2, 0.25) is 5.91 Å². The first-order chi connectivity index (χ1) is 5.16. The van der Waals surface area contributed by atoms with E-state index in [1.165, 1.54) is 0 Å². The Hall–Kier alpha value is -0.570. The standard InChI is InChI=1S/C8H18N2O/c1-4-9-6-5-7(2)10-8(3)11/h7,9H,4-6H2,1-3H3,(H,10,11). The second-order valence-corrected chi connectivity index (χ2v) is 2.74. The molecular weight excluding hydrogens is 140 g/mol. The first kappa shape index (κ1) is 10.4. The second-order valence-electron chi connectivity index (χ2n) is 2.74. The van der Waals surface area contributed by atoms with Crippen molar-refractivity contribution in [3.05, 3.63) is 0 Å². The van der Waals surface area contributed by atoms with Gasteiger partial charge < -0.3 is 10.6 Å². The molecule has 2 N–H and O–H groups in total. The smallest absolute Gasteiger partial charge is 0.217 e. The van der Waals surface area contributed by atoms with Gasteiger partial charge in [-0.25, -0.2) is 0 Å². The van der Waals surface area contributed by atoms with E-state index in [4.69, 9.17) is 0 Å². The van der Waals surface area contributed by atoms with Gasteiger partial charge in [0, 0.05) is 13.0 Å². The molecule has 0 fully saturated rings. The van der Waals surface area contributed by atoms with Crippen molar-refractivity contribution in [3.8, 4) is 0 Å². The Morgan fingerprint density at radius 1 is 1.55 bits per heavy atom. The first-order valence-corrected chi connectivity index (χ1v) is 4.14. The molecule has 0 aliphatic heterocycles. The molecule has 11 heavy (non-hydrogen) atoms. The Morgan fingerprint density at radius 2 is 2.18 bits per heavy atom. The summed E-state index contributed by atoms with van der Waals surface area (Å²) in [5.41, 5.74) is 0. The summed E-state index contributed by atoms with van der Waals surface area (Å²) >= 11 is 0. The van der Waals surface area contributed by atoms with Crippen LogP contribution in [0, 0.1) is 0 Å². The van der Waals surface area contributed by atoms with Gasteiger partial charge in [-0.3, -0.25) is 4.79 Å². The predicted octanol–water partition coefficient (Wildman–Crippen LogP) is 0.511. The van der Waals surface area contributed by atoms with Gasteiger partial charge in [0.15, 0.2) is 0 Å². The zero-order valence-electron chi connectivity index (χ0n) is 7.61. The lowest BCUT2D eigenvalue weighted by Gasteiger charge is -2.11. The van der Waals surface area contributed by atoms with Gasteiger partial charge in [-0.1, -0.05) is 6.92 Å². The molecule has 66 valence electrons. The molecule has 3 heteroatoms. The van der Waals surface area contributed by atoms with Crippen LogP contribution in [-0.4, -0.2) is 25.0 Å². The van der Waals surface area contributed by atoms with Crippen LogP contribution in [-0.2, 0) is 4.79 Å². The maximum absolute atomic E-state index is 10.6. The summed E-state index contributed by atoms with van der Waals surface area (Å²) in [7, 11) is 0. The second kappa shape index (κ2) is 6.16. The summed E-state index contributed by atoms with van der Waals surface area (Å²) < 4.78 is 0. The summed E-state index contributed by atoms with van der Waals surface area (Å²) in [6.45, 7) is 7.59. The van der Waals surface area contributed by atoms with Gasteiger partial charge in [-0.2, -0.15) is 0 Å². The van der Waals surface area contributed by atoms with E-state index in [0.29, 0.717) is 0 Å². The monoisotopic (exact) mass is 158 g/mol. The van der Waals surface area contributed by atoms with Crippen molar-refractivity contribution >= 4 is 5.91 Å². The van der Waals surface area contributed by atoms with Gasteiger partial charge in [-0.15, -0.1) is 0 Å². The molecule has 0 radical (unpaired) electrons. The van der Waals surface area contributed by atoms with Gasteiger partial charge in [0.1, 0.15) is 0 Å². The van der Waals surface area contributed by atoms with Crippen LogP contribution in [0.2, 0.25) is 0 Å².